The van der Waals surface area contributed by atoms with Crippen LogP contribution in [0.4, 0.5) is 10.5 Å². The lowest BCUT2D eigenvalue weighted by atomic mass is 9.95. The number of benzene rings is 1. The van der Waals surface area contributed by atoms with Crippen molar-refractivity contribution in [1.82, 2.24) is 4.90 Å². The smallest absolute Gasteiger partial charge is 0.410 e. The number of carbonyl (C=O) groups is 1. The van der Waals surface area contributed by atoms with E-state index in [1.54, 1.807) is 17.0 Å². The normalized spacial score (nSPS) is 15.1. The van der Waals surface area contributed by atoms with E-state index in [-0.39, 0.29) is 11.8 Å². The molecule has 0 saturated carbocycles. The number of non-ortho nitro benzene ring substituents is 1. The maximum absolute atomic E-state index is 12.0. The Morgan fingerprint density at radius 2 is 2.04 bits per heavy atom. The molecule has 1 aliphatic heterocycles. The summed E-state index contributed by atoms with van der Waals surface area (Å²) in [6.45, 7) is 8.46. The van der Waals surface area contributed by atoms with Crippen LogP contribution in [0.2, 0.25) is 0 Å². The highest BCUT2D eigenvalue weighted by molar-refractivity contribution is 5.74. The molecule has 0 aliphatic carbocycles. The third-order valence-electron chi connectivity index (χ3n) is 3.63. The van der Waals surface area contributed by atoms with Crippen molar-refractivity contribution in [3.63, 3.8) is 0 Å². The van der Waals surface area contributed by atoms with Crippen molar-refractivity contribution in [3.8, 4) is 0 Å². The number of hydrogen-bond donors (Lipinski definition) is 0. The fourth-order valence-corrected chi connectivity index (χ4v) is 2.53. The minimum atomic E-state index is -0.504. The maximum Gasteiger partial charge on any atom is 0.410 e. The van der Waals surface area contributed by atoms with Crippen LogP contribution < -0.4 is 0 Å². The minimum Gasteiger partial charge on any atom is -0.444 e. The summed E-state index contributed by atoms with van der Waals surface area (Å²) in [5, 5.41) is 10.8. The number of carbonyl (C=O) groups excluding carboxylic acids is 1. The summed E-state index contributed by atoms with van der Waals surface area (Å²) in [6.07, 6.45) is 2.38. The van der Waals surface area contributed by atoms with E-state index in [0.717, 1.165) is 16.7 Å². The second-order valence-corrected chi connectivity index (χ2v) is 6.66. The Hall–Kier alpha value is -2.37. The van der Waals surface area contributed by atoms with Gasteiger partial charge in [-0.2, -0.15) is 0 Å². The topological polar surface area (TPSA) is 72.7 Å². The number of rotatable bonds is 2. The molecule has 23 heavy (non-hydrogen) atoms. The van der Waals surface area contributed by atoms with Crippen molar-refractivity contribution >= 4 is 17.4 Å². The summed E-state index contributed by atoms with van der Waals surface area (Å²) < 4.78 is 5.37. The largest absolute Gasteiger partial charge is 0.444 e. The molecule has 0 unspecified atom stereocenters. The number of hydrogen-bond acceptors (Lipinski definition) is 4. The van der Waals surface area contributed by atoms with Crippen LogP contribution >= 0.6 is 0 Å². The zero-order valence-electron chi connectivity index (χ0n) is 14.0. The molecule has 0 spiro atoms. The summed E-state index contributed by atoms with van der Waals surface area (Å²) in [4.78, 5) is 24.1. The molecule has 0 fully saturated rings. The first kappa shape index (κ1) is 17.0. The molecule has 0 atom stereocenters. The highest BCUT2D eigenvalue weighted by Gasteiger charge is 2.24. The maximum atomic E-state index is 12.0. The van der Waals surface area contributed by atoms with Crippen molar-refractivity contribution in [2.75, 3.05) is 13.1 Å². The Labute approximate surface area is 135 Å². The zero-order valence-corrected chi connectivity index (χ0v) is 14.0. The molecular formula is C17H22N2O4. The molecule has 1 aliphatic rings. The standard InChI is InChI=1S/C17H22N2O4/c1-12-11-14(19(21)22)5-6-15(12)13-7-9-18(10-8-13)16(20)23-17(2,3)4/h5-7,11H,8-10H2,1-4H3. The average molecular weight is 318 g/mol. The average Bonchev–Trinajstić information content (AvgIpc) is 2.45. The van der Waals surface area contributed by atoms with Gasteiger partial charge >= 0.3 is 6.09 Å². The Morgan fingerprint density at radius 3 is 2.52 bits per heavy atom. The van der Waals surface area contributed by atoms with Gasteiger partial charge in [-0.3, -0.25) is 10.1 Å². The molecule has 6 nitrogen and oxygen atoms in total. The van der Waals surface area contributed by atoms with E-state index < -0.39 is 10.5 Å². The van der Waals surface area contributed by atoms with Gasteiger partial charge in [0.25, 0.3) is 5.69 Å². The first-order chi connectivity index (χ1) is 10.7. The van der Waals surface area contributed by atoms with Gasteiger partial charge in [-0.1, -0.05) is 6.08 Å². The molecule has 0 bridgehead atoms. The van der Waals surface area contributed by atoms with Gasteiger partial charge in [-0.15, -0.1) is 0 Å². The van der Waals surface area contributed by atoms with Crippen molar-refractivity contribution in [2.45, 2.75) is 39.7 Å². The summed E-state index contributed by atoms with van der Waals surface area (Å²) in [6, 6.07) is 4.88. The number of amides is 1. The molecule has 1 amide bonds. The van der Waals surface area contributed by atoms with E-state index >= 15 is 0 Å². The quantitative estimate of drug-likeness (QED) is 0.612. The van der Waals surface area contributed by atoms with Crippen LogP contribution in [0.15, 0.2) is 24.3 Å². The van der Waals surface area contributed by atoms with Gasteiger partial charge in [0.2, 0.25) is 0 Å². The first-order valence-corrected chi connectivity index (χ1v) is 7.60. The molecule has 124 valence electrons. The monoisotopic (exact) mass is 318 g/mol. The number of aryl methyl sites for hydroxylation is 1. The Balaban J connectivity index is 2.10. The number of nitro groups is 1. The van der Waals surface area contributed by atoms with Gasteiger partial charge < -0.3 is 9.64 Å². The lowest BCUT2D eigenvalue weighted by Crippen LogP contribution is -2.39. The van der Waals surface area contributed by atoms with E-state index in [1.807, 2.05) is 33.8 Å². The lowest BCUT2D eigenvalue weighted by molar-refractivity contribution is -0.384. The molecule has 6 heteroatoms. The summed E-state index contributed by atoms with van der Waals surface area (Å²) >= 11 is 0. The second-order valence-electron chi connectivity index (χ2n) is 6.66. The number of nitrogens with zero attached hydrogens (tertiary/aromatic N) is 2. The Kier molecular flexibility index (Phi) is 4.73. The molecule has 1 aromatic rings. The predicted octanol–water partition coefficient (Wildman–Crippen LogP) is 3.93. The SMILES string of the molecule is Cc1cc([N+](=O)[O-])ccc1C1=CCN(C(=O)OC(C)(C)C)CC1. The fraction of sp³-hybridized carbons (Fsp3) is 0.471. The highest BCUT2D eigenvalue weighted by Crippen LogP contribution is 2.28. The summed E-state index contributed by atoms with van der Waals surface area (Å²) in [5.74, 6) is 0. The van der Waals surface area contributed by atoms with Crippen molar-refractivity contribution in [1.29, 1.82) is 0 Å². The second kappa shape index (κ2) is 6.40. The molecule has 0 radical (unpaired) electrons. The van der Waals surface area contributed by atoms with Crippen LogP contribution in [-0.4, -0.2) is 34.6 Å². The molecule has 0 N–H and O–H groups in total. The molecule has 0 aromatic heterocycles. The van der Waals surface area contributed by atoms with Crippen LogP contribution in [0.1, 0.15) is 38.3 Å². The van der Waals surface area contributed by atoms with Crippen LogP contribution in [0.25, 0.3) is 5.57 Å². The lowest BCUT2D eigenvalue weighted by Gasteiger charge is -2.29. The van der Waals surface area contributed by atoms with E-state index in [2.05, 4.69) is 0 Å². The van der Waals surface area contributed by atoms with Crippen molar-refractivity contribution < 1.29 is 14.5 Å². The molecule has 0 saturated heterocycles. The summed E-state index contributed by atoms with van der Waals surface area (Å²) in [5.41, 5.74) is 2.57. The molecule has 1 aromatic carbocycles. The van der Waals surface area contributed by atoms with E-state index in [1.165, 1.54) is 6.07 Å². The fourth-order valence-electron chi connectivity index (χ4n) is 2.53. The molecule has 2 rings (SSSR count). The molecular weight excluding hydrogens is 296 g/mol. The van der Waals surface area contributed by atoms with Gasteiger partial charge in [-0.25, -0.2) is 4.79 Å². The molecule has 1 heterocycles. The Morgan fingerprint density at radius 1 is 1.35 bits per heavy atom. The third-order valence-corrected chi connectivity index (χ3v) is 3.63. The van der Waals surface area contributed by atoms with E-state index in [9.17, 15) is 14.9 Å². The van der Waals surface area contributed by atoms with Crippen LogP contribution in [0.3, 0.4) is 0 Å². The minimum absolute atomic E-state index is 0.0954. The van der Waals surface area contributed by atoms with Crippen LogP contribution in [-0.2, 0) is 4.74 Å². The van der Waals surface area contributed by atoms with E-state index in [0.29, 0.717) is 19.5 Å². The van der Waals surface area contributed by atoms with Gasteiger partial charge in [0.15, 0.2) is 0 Å². The van der Waals surface area contributed by atoms with Crippen molar-refractivity contribution in [3.05, 3.63) is 45.5 Å². The van der Waals surface area contributed by atoms with Crippen molar-refractivity contribution in [2.24, 2.45) is 0 Å². The highest BCUT2D eigenvalue weighted by atomic mass is 16.6. The van der Waals surface area contributed by atoms with Crippen LogP contribution in [0.5, 0.6) is 0 Å². The van der Waals surface area contributed by atoms with Crippen LogP contribution in [0, 0.1) is 17.0 Å². The Bertz CT molecular complexity index is 659. The first-order valence-electron chi connectivity index (χ1n) is 7.60. The third kappa shape index (κ3) is 4.31. The van der Waals surface area contributed by atoms with E-state index in [4.69, 9.17) is 4.74 Å². The predicted molar refractivity (Wildman–Crippen MR) is 88.2 cm³/mol. The number of nitro benzene ring substituents is 1. The van der Waals surface area contributed by atoms with Gasteiger partial charge in [0.05, 0.1) is 4.92 Å². The van der Waals surface area contributed by atoms with Gasteiger partial charge in [-0.05, 0) is 56.9 Å². The zero-order chi connectivity index (χ0) is 17.2. The van der Waals surface area contributed by atoms with Gasteiger partial charge in [0, 0.05) is 25.2 Å². The number of ether oxygens (including phenoxy) is 1. The summed E-state index contributed by atoms with van der Waals surface area (Å²) in [7, 11) is 0. The van der Waals surface area contributed by atoms with Gasteiger partial charge in [0.1, 0.15) is 5.60 Å².